The number of carbonyl (C=O) groups excluding carboxylic acids is 1. The van der Waals surface area contributed by atoms with Crippen LogP contribution in [0.4, 0.5) is 10.1 Å². The normalized spacial score (nSPS) is 19.6. The van der Waals surface area contributed by atoms with Crippen molar-refractivity contribution in [2.24, 2.45) is 0 Å². The van der Waals surface area contributed by atoms with Crippen LogP contribution >= 0.6 is 0 Å². The van der Waals surface area contributed by atoms with Gasteiger partial charge in [-0.05, 0) is 29.3 Å². The van der Waals surface area contributed by atoms with E-state index in [1.54, 1.807) is 12.1 Å². The Labute approximate surface area is 148 Å². The number of hydrogen-bond acceptors (Lipinski definition) is 6. The molecule has 0 saturated heterocycles. The molecule has 0 fully saturated rings. The molecule has 3 heterocycles. The van der Waals surface area contributed by atoms with Crippen LogP contribution in [0.15, 0.2) is 41.6 Å². The van der Waals surface area contributed by atoms with Crippen molar-refractivity contribution in [2.75, 3.05) is 25.8 Å². The number of cyclic esters (lactones) is 1. The van der Waals surface area contributed by atoms with Crippen LogP contribution in [0.25, 0.3) is 0 Å². The molecule has 3 aliphatic rings. The number of halogens is 1. The quantitative estimate of drug-likeness (QED) is 0.836. The van der Waals surface area contributed by atoms with E-state index in [-0.39, 0.29) is 25.1 Å². The highest BCUT2D eigenvalue weighted by Crippen LogP contribution is 2.49. The molecule has 132 valence electrons. The Kier molecular flexibility index (Phi) is 3.12. The minimum absolute atomic E-state index is 0.122. The van der Waals surface area contributed by atoms with Crippen LogP contribution in [-0.4, -0.2) is 26.5 Å². The van der Waals surface area contributed by atoms with Crippen LogP contribution in [0.5, 0.6) is 17.2 Å². The van der Waals surface area contributed by atoms with Crippen molar-refractivity contribution in [3.05, 3.63) is 58.5 Å². The molecule has 5 rings (SSSR count). The summed E-state index contributed by atoms with van der Waals surface area (Å²) in [5, 5.41) is 3.25. The average molecular weight is 355 g/mol. The first-order chi connectivity index (χ1) is 12.7. The molecule has 0 amide bonds. The van der Waals surface area contributed by atoms with E-state index in [9.17, 15) is 9.18 Å². The summed E-state index contributed by atoms with van der Waals surface area (Å²) in [6.45, 7) is 0.333. The zero-order chi connectivity index (χ0) is 17.8. The summed E-state index contributed by atoms with van der Waals surface area (Å²) in [6, 6.07) is 8.29. The molecule has 6 nitrogen and oxygen atoms in total. The van der Waals surface area contributed by atoms with E-state index in [4.69, 9.17) is 18.9 Å². The first kappa shape index (κ1) is 15.1. The zero-order valence-corrected chi connectivity index (χ0v) is 13.8. The summed E-state index contributed by atoms with van der Waals surface area (Å²) in [6.07, 6.45) is 0. The van der Waals surface area contributed by atoms with Gasteiger partial charge in [-0.1, -0.05) is 6.07 Å². The zero-order valence-electron chi connectivity index (χ0n) is 13.8. The second kappa shape index (κ2) is 5.39. The Morgan fingerprint density at radius 3 is 2.77 bits per heavy atom. The third-order valence-electron chi connectivity index (χ3n) is 4.83. The lowest BCUT2D eigenvalue weighted by molar-refractivity contribution is -0.136. The Bertz CT molecular complexity index is 984. The lowest BCUT2D eigenvalue weighted by atomic mass is 9.81. The Balaban J connectivity index is 1.73. The number of benzene rings is 2. The number of fused-ring (bicyclic) bond motifs is 2. The molecule has 26 heavy (non-hydrogen) atoms. The maximum Gasteiger partial charge on any atom is 0.337 e. The van der Waals surface area contributed by atoms with Gasteiger partial charge >= 0.3 is 5.97 Å². The third kappa shape index (κ3) is 2.06. The molecule has 0 aromatic heterocycles. The molecule has 3 aliphatic heterocycles. The molecule has 1 atom stereocenters. The SMILES string of the molecule is COc1cc(C2C3=C(COC3=O)Nc3cc4c(cc32)OCO4)ccc1F. The van der Waals surface area contributed by atoms with E-state index < -0.39 is 11.7 Å². The topological polar surface area (TPSA) is 66.0 Å². The largest absolute Gasteiger partial charge is 0.494 e. The van der Waals surface area contributed by atoms with E-state index >= 15 is 0 Å². The smallest absolute Gasteiger partial charge is 0.337 e. The number of methoxy groups -OCH3 is 1. The van der Waals surface area contributed by atoms with Crippen molar-refractivity contribution in [3.8, 4) is 17.2 Å². The van der Waals surface area contributed by atoms with Gasteiger partial charge in [0, 0.05) is 17.7 Å². The highest BCUT2D eigenvalue weighted by atomic mass is 19.1. The van der Waals surface area contributed by atoms with Gasteiger partial charge in [0.1, 0.15) is 6.61 Å². The number of anilines is 1. The molecule has 0 spiro atoms. The molecule has 7 heteroatoms. The van der Waals surface area contributed by atoms with Crippen molar-refractivity contribution in [2.45, 2.75) is 5.92 Å². The van der Waals surface area contributed by atoms with Crippen molar-refractivity contribution in [1.82, 2.24) is 0 Å². The van der Waals surface area contributed by atoms with Gasteiger partial charge < -0.3 is 24.3 Å². The fraction of sp³-hybridized carbons (Fsp3) is 0.211. The van der Waals surface area contributed by atoms with Gasteiger partial charge in [0.2, 0.25) is 6.79 Å². The highest BCUT2D eigenvalue weighted by molar-refractivity contribution is 5.97. The summed E-state index contributed by atoms with van der Waals surface area (Å²) in [5.74, 6) is 0.113. The van der Waals surface area contributed by atoms with Crippen LogP contribution in [0.3, 0.4) is 0 Å². The predicted octanol–water partition coefficient (Wildman–Crippen LogP) is 2.93. The second-order valence-electron chi connectivity index (χ2n) is 6.21. The summed E-state index contributed by atoms with van der Waals surface area (Å²) < 4.78 is 35.1. The number of ether oxygens (including phenoxy) is 4. The van der Waals surface area contributed by atoms with E-state index in [1.807, 2.05) is 12.1 Å². The molecule has 0 aliphatic carbocycles. The van der Waals surface area contributed by atoms with Gasteiger partial charge in [0.25, 0.3) is 0 Å². The highest BCUT2D eigenvalue weighted by Gasteiger charge is 2.39. The second-order valence-corrected chi connectivity index (χ2v) is 6.21. The number of esters is 1. The first-order valence-corrected chi connectivity index (χ1v) is 8.10. The van der Waals surface area contributed by atoms with Gasteiger partial charge in [-0.3, -0.25) is 0 Å². The minimum Gasteiger partial charge on any atom is -0.494 e. The van der Waals surface area contributed by atoms with Gasteiger partial charge in [0.05, 0.1) is 18.4 Å². The number of rotatable bonds is 2. The Hall–Kier alpha value is -3.22. The maximum absolute atomic E-state index is 13.9. The van der Waals surface area contributed by atoms with Crippen LogP contribution in [0, 0.1) is 5.82 Å². The number of nitrogens with one attached hydrogen (secondary N) is 1. The van der Waals surface area contributed by atoms with Gasteiger partial charge in [0.15, 0.2) is 23.1 Å². The molecule has 2 aromatic rings. The molecule has 0 saturated carbocycles. The van der Waals surface area contributed by atoms with Crippen LogP contribution < -0.4 is 19.5 Å². The van der Waals surface area contributed by atoms with E-state index in [1.165, 1.54) is 13.2 Å². The average Bonchev–Trinajstić information content (AvgIpc) is 3.25. The third-order valence-corrected chi connectivity index (χ3v) is 4.83. The molecular formula is C19H14FNO5. The monoisotopic (exact) mass is 355 g/mol. The van der Waals surface area contributed by atoms with Crippen molar-refractivity contribution < 1.29 is 28.1 Å². The summed E-state index contributed by atoms with van der Waals surface area (Å²) >= 11 is 0. The van der Waals surface area contributed by atoms with E-state index in [0.717, 1.165) is 16.8 Å². The van der Waals surface area contributed by atoms with Crippen LogP contribution in [-0.2, 0) is 9.53 Å². The van der Waals surface area contributed by atoms with Crippen molar-refractivity contribution in [1.29, 1.82) is 0 Å². The molecular weight excluding hydrogens is 341 g/mol. The standard InChI is InChI=1S/C19H14FNO5/c1-23-14-4-9(2-3-11(14)20)17-10-5-15-16(26-8-25-15)6-12(10)21-13-7-24-19(22)18(13)17/h2-6,17,21H,7-8H2,1H3. The molecule has 2 aromatic carbocycles. The lowest BCUT2D eigenvalue weighted by Crippen LogP contribution is -2.20. The van der Waals surface area contributed by atoms with Crippen LogP contribution in [0.1, 0.15) is 17.0 Å². The fourth-order valence-electron chi connectivity index (χ4n) is 3.64. The van der Waals surface area contributed by atoms with Crippen molar-refractivity contribution >= 4 is 11.7 Å². The maximum atomic E-state index is 13.9. The predicted molar refractivity (Wildman–Crippen MR) is 89.0 cm³/mol. The molecule has 1 N–H and O–H groups in total. The van der Waals surface area contributed by atoms with Crippen molar-refractivity contribution in [3.63, 3.8) is 0 Å². The number of carbonyl (C=O) groups is 1. The summed E-state index contributed by atoms with van der Waals surface area (Å²) in [5.41, 5.74) is 3.59. The first-order valence-electron chi connectivity index (χ1n) is 8.10. The molecule has 0 bridgehead atoms. The fourth-order valence-corrected chi connectivity index (χ4v) is 3.64. The molecule has 0 radical (unpaired) electrons. The van der Waals surface area contributed by atoms with Gasteiger partial charge in [-0.25, -0.2) is 9.18 Å². The molecule has 1 unspecified atom stereocenters. The van der Waals surface area contributed by atoms with Gasteiger partial charge in [-0.2, -0.15) is 0 Å². The van der Waals surface area contributed by atoms with Gasteiger partial charge in [-0.15, -0.1) is 0 Å². The van der Waals surface area contributed by atoms with E-state index in [0.29, 0.717) is 22.8 Å². The number of hydrogen-bond donors (Lipinski definition) is 1. The van der Waals surface area contributed by atoms with E-state index in [2.05, 4.69) is 5.32 Å². The Morgan fingerprint density at radius 1 is 1.15 bits per heavy atom. The summed E-state index contributed by atoms with van der Waals surface area (Å²) in [7, 11) is 1.41. The lowest BCUT2D eigenvalue weighted by Gasteiger charge is -2.27. The van der Waals surface area contributed by atoms with Crippen LogP contribution in [0.2, 0.25) is 0 Å². The Morgan fingerprint density at radius 2 is 1.96 bits per heavy atom. The minimum atomic E-state index is -0.459. The summed E-state index contributed by atoms with van der Waals surface area (Å²) in [4.78, 5) is 12.4.